The van der Waals surface area contributed by atoms with Crippen molar-refractivity contribution in [3.8, 4) is 0 Å². The lowest BCUT2D eigenvalue weighted by Crippen LogP contribution is -2.45. The van der Waals surface area contributed by atoms with E-state index in [0.717, 1.165) is 57.8 Å². The smallest absolute Gasteiger partial charge is 0.268 e. The minimum absolute atomic E-state index is 0.0102. The maximum absolute atomic E-state index is 12.8. The van der Waals surface area contributed by atoms with Crippen LogP contribution < -0.4 is 10.2 Å². The molecule has 0 aromatic carbocycles. The maximum atomic E-state index is 12.8. The summed E-state index contributed by atoms with van der Waals surface area (Å²) in [6, 6.07) is -0.904. The van der Waals surface area contributed by atoms with Gasteiger partial charge in [-0.25, -0.2) is 0 Å². The van der Waals surface area contributed by atoms with E-state index in [9.17, 15) is 19.4 Å². The number of carbonyl (C=O) groups is 1. The van der Waals surface area contributed by atoms with Crippen LogP contribution in [0.25, 0.3) is 0 Å². The van der Waals surface area contributed by atoms with Gasteiger partial charge < -0.3 is 28.8 Å². The van der Waals surface area contributed by atoms with Gasteiger partial charge in [0.2, 0.25) is 5.91 Å². The number of unbranched alkanes of at least 4 members (excludes halogenated alkanes) is 17. The van der Waals surface area contributed by atoms with Crippen LogP contribution >= 0.6 is 7.82 Å². The predicted octanol–water partition coefficient (Wildman–Crippen LogP) is 11.2. The summed E-state index contributed by atoms with van der Waals surface area (Å²) in [5.74, 6) is -0.219. The van der Waals surface area contributed by atoms with Crippen molar-refractivity contribution in [2.24, 2.45) is 0 Å². The summed E-state index contributed by atoms with van der Waals surface area (Å²) in [6.07, 6.45) is 47.3. The van der Waals surface area contributed by atoms with Crippen molar-refractivity contribution in [2.45, 2.75) is 180 Å². The van der Waals surface area contributed by atoms with E-state index in [4.69, 9.17) is 9.05 Å². The van der Waals surface area contributed by atoms with E-state index in [1.54, 1.807) is 6.08 Å². The topological polar surface area (TPSA) is 108 Å². The molecule has 0 saturated heterocycles. The summed E-state index contributed by atoms with van der Waals surface area (Å²) >= 11 is 0. The predicted molar refractivity (Wildman–Crippen MR) is 228 cm³/mol. The number of aliphatic hydroxyl groups is 1. The number of nitrogens with one attached hydrogen (secondary N) is 1. The van der Waals surface area contributed by atoms with E-state index in [1.165, 1.54) is 89.9 Å². The van der Waals surface area contributed by atoms with E-state index in [2.05, 4.69) is 67.8 Å². The first kappa shape index (κ1) is 52.2. The molecule has 8 nitrogen and oxygen atoms in total. The molecule has 3 unspecified atom stereocenters. The molecule has 0 spiro atoms. The van der Waals surface area contributed by atoms with Gasteiger partial charge in [-0.2, -0.15) is 0 Å². The summed E-state index contributed by atoms with van der Waals surface area (Å²) in [4.78, 5) is 25.1. The Balaban J connectivity index is 4.17. The molecular formula is C45H83N2O6P. The summed E-state index contributed by atoms with van der Waals surface area (Å²) in [6.45, 7) is 4.48. The van der Waals surface area contributed by atoms with Gasteiger partial charge in [0.1, 0.15) is 13.2 Å². The molecule has 0 aromatic heterocycles. The summed E-state index contributed by atoms with van der Waals surface area (Å²) in [7, 11) is 1.23. The fraction of sp³-hybridized carbons (Fsp3) is 0.756. The zero-order valence-corrected chi connectivity index (χ0v) is 36.3. The average Bonchev–Trinajstić information content (AvgIpc) is 3.12. The first-order chi connectivity index (χ1) is 26.0. The summed E-state index contributed by atoms with van der Waals surface area (Å²) in [5.41, 5.74) is 0. The van der Waals surface area contributed by atoms with E-state index < -0.39 is 26.6 Å². The van der Waals surface area contributed by atoms with Crippen LogP contribution in [0.2, 0.25) is 0 Å². The Labute approximate surface area is 332 Å². The number of hydrogen-bond donors (Lipinski definition) is 2. The van der Waals surface area contributed by atoms with Crippen LogP contribution in [0.3, 0.4) is 0 Å². The quantitative estimate of drug-likeness (QED) is 0.0280. The molecule has 0 rings (SSSR count). The third-order valence-electron chi connectivity index (χ3n) is 9.18. The van der Waals surface area contributed by atoms with Gasteiger partial charge in [0.15, 0.2) is 0 Å². The van der Waals surface area contributed by atoms with Gasteiger partial charge in [-0.1, -0.05) is 158 Å². The molecular weight excluding hydrogens is 695 g/mol. The number of phosphoric acid groups is 1. The van der Waals surface area contributed by atoms with Crippen molar-refractivity contribution in [3.63, 3.8) is 0 Å². The van der Waals surface area contributed by atoms with Gasteiger partial charge in [0.05, 0.1) is 39.9 Å². The van der Waals surface area contributed by atoms with Gasteiger partial charge in [-0.05, 0) is 64.2 Å². The zero-order valence-electron chi connectivity index (χ0n) is 35.4. The summed E-state index contributed by atoms with van der Waals surface area (Å²) < 4.78 is 23.0. The molecule has 0 radical (unpaired) electrons. The zero-order chi connectivity index (χ0) is 40.0. The molecule has 3 atom stereocenters. The van der Waals surface area contributed by atoms with Gasteiger partial charge in [0, 0.05) is 6.42 Å². The second-order valence-electron chi connectivity index (χ2n) is 15.7. The minimum atomic E-state index is -4.59. The second-order valence-corrected chi connectivity index (χ2v) is 17.1. The van der Waals surface area contributed by atoms with Crippen LogP contribution in [-0.2, 0) is 18.4 Å². The number of phosphoric ester groups is 1. The Kier molecular flexibility index (Phi) is 35.6. The van der Waals surface area contributed by atoms with E-state index in [1.807, 2.05) is 27.2 Å². The average molecular weight is 779 g/mol. The molecule has 0 aliphatic rings. The lowest BCUT2D eigenvalue weighted by atomic mass is 10.0. The van der Waals surface area contributed by atoms with Crippen LogP contribution in [0.4, 0.5) is 0 Å². The molecule has 1 amide bonds. The Bertz CT molecular complexity index is 1060. The minimum Gasteiger partial charge on any atom is -0.756 e. The fourth-order valence-electron chi connectivity index (χ4n) is 5.71. The first-order valence-corrected chi connectivity index (χ1v) is 23.1. The van der Waals surface area contributed by atoms with Crippen LogP contribution in [0.1, 0.15) is 168 Å². The molecule has 0 aliphatic carbocycles. The normalized spacial score (nSPS) is 15.0. The molecule has 9 heteroatoms. The monoisotopic (exact) mass is 779 g/mol. The van der Waals surface area contributed by atoms with E-state index >= 15 is 0 Å². The van der Waals surface area contributed by atoms with Crippen LogP contribution in [0.5, 0.6) is 0 Å². The van der Waals surface area contributed by atoms with Gasteiger partial charge in [-0.15, -0.1) is 0 Å². The highest BCUT2D eigenvalue weighted by molar-refractivity contribution is 7.45. The van der Waals surface area contributed by atoms with Crippen molar-refractivity contribution in [1.82, 2.24) is 5.32 Å². The third-order valence-corrected chi connectivity index (χ3v) is 10.1. The number of carbonyl (C=O) groups excluding carboxylic acids is 1. The van der Waals surface area contributed by atoms with Crippen molar-refractivity contribution in [3.05, 3.63) is 60.8 Å². The Morgan fingerprint density at radius 2 is 1.13 bits per heavy atom. The molecule has 54 heavy (non-hydrogen) atoms. The maximum Gasteiger partial charge on any atom is 0.268 e. The van der Waals surface area contributed by atoms with Gasteiger partial charge in [0.25, 0.3) is 7.82 Å². The molecule has 0 aromatic rings. The number of quaternary nitrogens is 1. The summed E-state index contributed by atoms with van der Waals surface area (Å²) in [5, 5.41) is 13.6. The number of nitrogens with zero attached hydrogens (tertiary/aromatic N) is 1. The highest BCUT2D eigenvalue weighted by Gasteiger charge is 2.23. The van der Waals surface area contributed by atoms with Crippen molar-refractivity contribution in [1.29, 1.82) is 0 Å². The Morgan fingerprint density at radius 1 is 0.648 bits per heavy atom. The molecule has 0 aliphatic heterocycles. The van der Waals surface area contributed by atoms with Crippen LogP contribution in [0, 0.1) is 0 Å². The number of likely N-dealkylation sites (N-methyl/N-ethyl adjacent to an activating group) is 1. The molecule has 0 bridgehead atoms. The van der Waals surface area contributed by atoms with Gasteiger partial charge in [-0.3, -0.25) is 9.36 Å². The van der Waals surface area contributed by atoms with Gasteiger partial charge >= 0.3 is 0 Å². The van der Waals surface area contributed by atoms with E-state index in [-0.39, 0.29) is 12.5 Å². The third kappa shape index (κ3) is 38.5. The molecule has 0 fully saturated rings. The second kappa shape index (κ2) is 36.8. The Morgan fingerprint density at radius 3 is 1.69 bits per heavy atom. The molecule has 0 heterocycles. The highest BCUT2D eigenvalue weighted by atomic mass is 31.2. The largest absolute Gasteiger partial charge is 0.756 e. The fourth-order valence-corrected chi connectivity index (χ4v) is 6.43. The standard InChI is InChI=1S/C45H83N2O6P/c1-6-8-10-12-14-15-16-17-18-19-20-21-22-23-24-25-26-27-28-29-30-31-33-35-37-39-45(49)46-43(44(48)38-36-34-32-13-11-9-7-2)42-53-54(50,51)52-41-40-47(3,4)5/h11,13,16-17,19-20,22-23,36,38,43-44,48H,6-10,12,14-15,18,21,24-35,37,39-42H2,1-5H3,(H-,46,49,50,51)/b13-11+,17-16-,20-19-,23-22-,38-36+. The Hall–Kier alpha value is -1.80. The molecule has 314 valence electrons. The number of amides is 1. The van der Waals surface area contributed by atoms with Crippen molar-refractivity contribution >= 4 is 13.7 Å². The van der Waals surface area contributed by atoms with Crippen molar-refractivity contribution < 1.29 is 32.9 Å². The number of hydrogen-bond acceptors (Lipinski definition) is 6. The number of allylic oxidation sites excluding steroid dienone is 9. The first-order valence-electron chi connectivity index (χ1n) is 21.7. The van der Waals surface area contributed by atoms with Crippen LogP contribution in [-0.4, -0.2) is 68.5 Å². The lowest BCUT2D eigenvalue weighted by Gasteiger charge is -2.29. The SMILES string of the molecule is CCC/C=C/CC/C=C/C(O)C(COP(=O)([O-])OCC[N+](C)(C)C)NC(=O)CCCCCCCCCCCC/C=C\C/C=C\C/C=C\CCCCCCC. The lowest BCUT2D eigenvalue weighted by molar-refractivity contribution is -0.870. The van der Waals surface area contributed by atoms with Crippen molar-refractivity contribution in [2.75, 3.05) is 40.9 Å². The highest BCUT2D eigenvalue weighted by Crippen LogP contribution is 2.38. The van der Waals surface area contributed by atoms with E-state index in [0.29, 0.717) is 17.4 Å². The number of aliphatic hydroxyl groups excluding tert-OH is 1. The number of rotatable bonds is 38. The molecule has 0 saturated carbocycles. The van der Waals surface area contributed by atoms with Crippen LogP contribution in [0.15, 0.2) is 60.8 Å². The molecule has 2 N–H and O–H groups in total.